The van der Waals surface area contributed by atoms with Gasteiger partial charge in [0.1, 0.15) is 24.1 Å². The van der Waals surface area contributed by atoms with Gasteiger partial charge in [-0.2, -0.15) is 0 Å². The Morgan fingerprint density at radius 2 is 1.65 bits per heavy atom. The van der Waals surface area contributed by atoms with Crippen molar-refractivity contribution in [2.45, 2.75) is 51.9 Å². The van der Waals surface area contributed by atoms with Gasteiger partial charge in [-0.05, 0) is 55.7 Å². The fourth-order valence-corrected chi connectivity index (χ4v) is 8.12. The molecule has 19 heteroatoms. The molecule has 0 aliphatic carbocycles. The Morgan fingerprint density at radius 1 is 0.889 bits per heavy atom. The summed E-state index contributed by atoms with van der Waals surface area (Å²) in [6.45, 7) is 5.31. The van der Waals surface area contributed by atoms with Crippen LogP contribution in [-0.2, 0) is 41.7 Å². The van der Waals surface area contributed by atoms with Crippen LogP contribution < -0.4 is 15.5 Å². The lowest BCUT2D eigenvalue weighted by Crippen LogP contribution is -2.54. The van der Waals surface area contributed by atoms with Crippen molar-refractivity contribution in [2.24, 2.45) is 0 Å². The van der Waals surface area contributed by atoms with Crippen molar-refractivity contribution in [3.8, 4) is 11.1 Å². The van der Waals surface area contributed by atoms with Gasteiger partial charge in [-0.25, -0.2) is 9.48 Å². The summed E-state index contributed by atoms with van der Waals surface area (Å²) in [6.07, 6.45) is 1.82. The molecule has 0 radical (unpaired) electrons. The number of fused-ring (bicyclic) bond motifs is 2. The van der Waals surface area contributed by atoms with Gasteiger partial charge in [0.15, 0.2) is 0 Å². The first-order valence-corrected chi connectivity index (χ1v) is 20.4. The van der Waals surface area contributed by atoms with Crippen molar-refractivity contribution >= 4 is 46.9 Å². The van der Waals surface area contributed by atoms with Gasteiger partial charge in [0.2, 0.25) is 17.7 Å². The molecule has 8 rings (SSSR count). The number of hydrogen-bond donors (Lipinski definition) is 2. The van der Waals surface area contributed by atoms with Crippen molar-refractivity contribution in [3.63, 3.8) is 0 Å². The van der Waals surface area contributed by atoms with E-state index in [1.807, 2.05) is 56.3 Å². The first-order valence-electron chi connectivity index (χ1n) is 20.4. The van der Waals surface area contributed by atoms with Gasteiger partial charge < -0.3 is 29.0 Å². The zero-order valence-electron chi connectivity index (χ0n) is 34.9. The fourth-order valence-electron chi connectivity index (χ4n) is 8.12. The number of imide groups is 2. The Balaban J connectivity index is 0.769. The monoisotopic (exact) mass is 859 g/mol. The van der Waals surface area contributed by atoms with Crippen LogP contribution >= 0.6 is 0 Å². The lowest BCUT2D eigenvalue weighted by atomic mass is 9.90. The molecule has 3 aromatic carbocycles. The molecule has 1 fully saturated rings. The Bertz CT molecular complexity index is 2550. The summed E-state index contributed by atoms with van der Waals surface area (Å²) >= 11 is 0. The largest absolute Gasteiger partial charge is 0.377 e. The Hall–Kier alpha value is -7.09. The van der Waals surface area contributed by atoms with Crippen LogP contribution in [0.2, 0.25) is 0 Å². The van der Waals surface area contributed by atoms with E-state index in [9.17, 15) is 28.8 Å². The van der Waals surface area contributed by atoms with Gasteiger partial charge in [0.05, 0.1) is 86.6 Å². The summed E-state index contributed by atoms with van der Waals surface area (Å²) in [4.78, 5) is 81.2. The molecule has 0 spiro atoms. The average molecular weight is 860 g/mol. The number of piperidine rings is 1. The van der Waals surface area contributed by atoms with E-state index in [1.165, 1.54) is 18.2 Å². The van der Waals surface area contributed by atoms with Gasteiger partial charge in [-0.3, -0.25) is 39.1 Å². The SMILES string of the molecule is Cc1noc(C)c1-c1ccc2c(c1)C(c1ccccc1)N(Cc1cn(CCOCCOCCOCC(=O)Nc3cccc4c3C(=O)N(C3CCC(=O)NC3=O)C4=O)nn1)C(=O)N2C. The number of carbonyl (C=O) groups excluding carboxylic acids is 6. The lowest BCUT2D eigenvalue weighted by Gasteiger charge is -2.41. The standard InChI is InChI=1S/C44H45N9O10/c1-26-38(27(2)63-48-26)29-12-13-34-32(22-29)40(28-8-5-4-6-9-28)52(44(59)50(34)3)24-30-23-51(49-47-30)16-17-60-18-19-61-20-21-62-25-37(55)45-33-11-7-10-31-39(33)43(58)53(42(31)57)35-14-15-36(54)46-41(35)56/h4-13,22-23,35,40H,14-21,24-25H2,1-3H3,(H,45,55)(H,46,54,56). The highest BCUT2D eigenvalue weighted by Crippen LogP contribution is 2.43. The van der Waals surface area contributed by atoms with E-state index in [0.717, 1.165) is 44.3 Å². The molecule has 7 amide bonds. The highest BCUT2D eigenvalue weighted by molar-refractivity contribution is 6.26. The minimum atomic E-state index is -1.12. The van der Waals surface area contributed by atoms with Crippen LogP contribution in [0.3, 0.4) is 0 Å². The number of nitrogens with one attached hydrogen (secondary N) is 2. The molecule has 326 valence electrons. The molecule has 2 unspecified atom stereocenters. The summed E-state index contributed by atoms with van der Waals surface area (Å²) in [5.74, 6) is -2.42. The molecule has 2 aromatic heterocycles. The highest BCUT2D eigenvalue weighted by atomic mass is 16.5. The molecular formula is C44H45N9O10. The van der Waals surface area contributed by atoms with E-state index in [2.05, 4.69) is 32.2 Å². The molecule has 2 N–H and O–H groups in total. The predicted molar refractivity (Wildman–Crippen MR) is 223 cm³/mol. The third-order valence-electron chi connectivity index (χ3n) is 11.1. The predicted octanol–water partition coefficient (Wildman–Crippen LogP) is 3.80. The van der Waals surface area contributed by atoms with Crippen LogP contribution in [0.1, 0.15) is 67.9 Å². The maximum atomic E-state index is 14.0. The van der Waals surface area contributed by atoms with Crippen LogP contribution in [0, 0.1) is 13.8 Å². The second-order valence-electron chi connectivity index (χ2n) is 15.2. The minimum absolute atomic E-state index is 0.00176. The van der Waals surface area contributed by atoms with E-state index < -0.39 is 41.6 Å². The van der Waals surface area contributed by atoms with Crippen molar-refractivity contribution in [3.05, 3.63) is 112 Å². The Labute approximate surface area is 361 Å². The number of amides is 7. The van der Waals surface area contributed by atoms with Gasteiger partial charge in [-0.1, -0.05) is 52.8 Å². The van der Waals surface area contributed by atoms with Gasteiger partial charge in [0, 0.05) is 24.6 Å². The average Bonchev–Trinajstić information content (AvgIpc) is 3.94. The van der Waals surface area contributed by atoms with Crippen LogP contribution in [0.5, 0.6) is 0 Å². The third-order valence-corrected chi connectivity index (χ3v) is 11.1. The van der Waals surface area contributed by atoms with Crippen LogP contribution in [0.25, 0.3) is 11.1 Å². The molecule has 0 saturated carbocycles. The van der Waals surface area contributed by atoms with Crippen molar-refractivity contribution < 1.29 is 47.5 Å². The Kier molecular flexibility index (Phi) is 12.5. The first kappa shape index (κ1) is 42.6. The number of urea groups is 1. The van der Waals surface area contributed by atoms with E-state index in [-0.39, 0.29) is 68.7 Å². The number of aryl methyl sites for hydroxylation is 2. The number of carbonyl (C=O) groups is 6. The number of benzene rings is 3. The normalized spacial score (nSPS) is 17.3. The number of ether oxygens (including phenoxy) is 3. The summed E-state index contributed by atoms with van der Waals surface area (Å²) < 4.78 is 23.9. The summed E-state index contributed by atoms with van der Waals surface area (Å²) in [7, 11) is 1.77. The molecule has 1 saturated heterocycles. The summed E-state index contributed by atoms with van der Waals surface area (Å²) in [5, 5.41) is 17.6. The molecule has 19 nitrogen and oxygen atoms in total. The van der Waals surface area contributed by atoms with E-state index in [1.54, 1.807) is 27.7 Å². The molecule has 3 aliphatic rings. The van der Waals surface area contributed by atoms with Crippen molar-refractivity contribution in [2.75, 3.05) is 56.9 Å². The smallest absolute Gasteiger partial charge is 0.325 e. The van der Waals surface area contributed by atoms with Gasteiger partial charge >= 0.3 is 6.03 Å². The van der Waals surface area contributed by atoms with E-state index in [0.29, 0.717) is 25.5 Å². The maximum Gasteiger partial charge on any atom is 0.325 e. The third kappa shape index (κ3) is 8.83. The fraction of sp³-hybridized carbons (Fsp3) is 0.341. The molecule has 63 heavy (non-hydrogen) atoms. The topological polar surface area (TPSA) is 221 Å². The molecule has 5 aromatic rings. The molecule has 0 bridgehead atoms. The number of rotatable bonds is 17. The Morgan fingerprint density at radius 3 is 2.40 bits per heavy atom. The van der Waals surface area contributed by atoms with E-state index in [4.69, 9.17) is 18.7 Å². The zero-order valence-corrected chi connectivity index (χ0v) is 34.9. The molecule has 5 heterocycles. The molecule has 3 aliphatic heterocycles. The summed E-state index contributed by atoms with van der Waals surface area (Å²) in [6, 6.07) is 18.7. The number of anilines is 2. The lowest BCUT2D eigenvalue weighted by molar-refractivity contribution is -0.136. The quantitative estimate of drug-likeness (QED) is 0.101. The van der Waals surface area contributed by atoms with Crippen molar-refractivity contribution in [1.29, 1.82) is 0 Å². The highest BCUT2D eigenvalue weighted by Gasteiger charge is 2.46. The number of nitrogens with zero attached hydrogens (tertiary/aromatic N) is 7. The maximum absolute atomic E-state index is 14.0. The van der Waals surface area contributed by atoms with Crippen LogP contribution in [0.4, 0.5) is 16.2 Å². The molecular weight excluding hydrogens is 815 g/mol. The van der Waals surface area contributed by atoms with Gasteiger partial charge in [0.25, 0.3) is 11.8 Å². The minimum Gasteiger partial charge on any atom is -0.377 e. The van der Waals surface area contributed by atoms with Crippen molar-refractivity contribution in [1.82, 2.24) is 35.3 Å². The van der Waals surface area contributed by atoms with Gasteiger partial charge in [-0.15, -0.1) is 5.10 Å². The summed E-state index contributed by atoms with van der Waals surface area (Å²) in [5.41, 5.74) is 6.18. The zero-order chi connectivity index (χ0) is 44.2. The number of hydrogen-bond acceptors (Lipinski definition) is 13. The van der Waals surface area contributed by atoms with Crippen LogP contribution in [0.15, 0.2) is 77.4 Å². The molecule has 2 atom stereocenters. The second-order valence-corrected chi connectivity index (χ2v) is 15.2. The first-order chi connectivity index (χ1) is 30.5. The van der Waals surface area contributed by atoms with E-state index >= 15 is 0 Å². The van der Waals surface area contributed by atoms with Crippen LogP contribution in [-0.4, -0.2) is 118 Å². The second kappa shape index (κ2) is 18.5. The number of aromatic nitrogens is 4.